The van der Waals surface area contributed by atoms with Gasteiger partial charge in [-0.1, -0.05) is 19.4 Å². The maximum Gasteiger partial charge on any atom is 0.123 e. The van der Waals surface area contributed by atoms with Crippen LogP contribution in [0.4, 0.5) is 4.39 Å². The van der Waals surface area contributed by atoms with E-state index in [-0.39, 0.29) is 5.82 Å². The summed E-state index contributed by atoms with van der Waals surface area (Å²) in [4.78, 5) is 0. The van der Waals surface area contributed by atoms with Gasteiger partial charge in [0.2, 0.25) is 0 Å². The lowest BCUT2D eigenvalue weighted by atomic mass is 10.0. The lowest BCUT2D eigenvalue weighted by Crippen LogP contribution is -2.06. The van der Waals surface area contributed by atoms with E-state index in [1.807, 2.05) is 6.92 Å². The molecule has 1 unspecified atom stereocenters. The maximum atomic E-state index is 13.1. The molecule has 0 saturated carbocycles. The first-order valence-electron chi connectivity index (χ1n) is 6.17. The van der Waals surface area contributed by atoms with Gasteiger partial charge in [0.25, 0.3) is 0 Å². The van der Waals surface area contributed by atoms with E-state index in [2.05, 4.69) is 6.92 Å². The average Bonchev–Trinajstić information content (AvgIpc) is 2.32. The summed E-state index contributed by atoms with van der Waals surface area (Å²) in [6.07, 6.45) is 2.00. The third-order valence-corrected chi connectivity index (χ3v) is 2.78. The number of ether oxygens (including phenoxy) is 1. The Balaban J connectivity index is 2.41. The fraction of sp³-hybridized carbons (Fsp3) is 0.571. The van der Waals surface area contributed by atoms with Gasteiger partial charge in [0.1, 0.15) is 5.82 Å². The van der Waals surface area contributed by atoms with Gasteiger partial charge in [-0.15, -0.1) is 0 Å². The van der Waals surface area contributed by atoms with Crippen molar-refractivity contribution in [3.63, 3.8) is 0 Å². The molecule has 0 radical (unpaired) electrons. The number of rotatable bonds is 7. The zero-order chi connectivity index (χ0) is 12.7. The Labute approximate surface area is 102 Å². The van der Waals surface area contributed by atoms with Crippen molar-refractivity contribution in [3.8, 4) is 0 Å². The quantitative estimate of drug-likeness (QED) is 0.740. The number of hydrogen-bond donors (Lipinski definition) is 1. The molecule has 0 spiro atoms. The molecule has 0 amide bonds. The van der Waals surface area contributed by atoms with Gasteiger partial charge < -0.3 is 9.84 Å². The Morgan fingerprint density at radius 1 is 1.35 bits per heavy atom. The molecular formula is C14H21FO2. The van der Waals surface area contributed by atoms with Crippen molar-refractivity contribution in [2.24, 2.45) is 0 Å². The molecule has 0 aliphatic rings. The smallest absolute Gasteiger partial charge is 0.123 e. The summed E-state index contributed by atoms with van der Waals surface area (Å²) in [5, 5.41) is 9.94. The summed E-state index contributed by atoms with van der Waals surface area (Å²) < 4.78 is 18.4. The molecule has 0 fully saturated rings. The van der Waals surface area contributed by atoms with Gasteiger partial charge >= 0.3 is 0 Å². The highest BCUT2D eigenvalue weighted by Gasteiger charge is 2.11. The minimum absolute atomic E-state index is 0.309. The highest BCUT2D eigenvalue weighted by molar-refractivity contribution is 5.28. The lowest BCUT2D eigenvalue weighted by molar-refractivity contribution is 0.0801. The van der Waals surface area contributed by atoms with E-state index in [0.29, 0.717) is 18.6 Å². The van der Waals surface area contributed by atoms with Gasteiger partial charge in [-0.05, 0) is 36.6 Å². The second kappa shape index (κ2) is 7.41. The van der Waals surface area contributed by atoms with Crippen molar-refractivity contribution in [2.45, 2.75) is 39.2 Å². The number of benzene rings is 1. The largest absolute Gasteiger partial charge is 0.388 e. The van der Waals surface area contributed by atoms with Gasteiger partial charge in [-0.25, -0.2) is 4.39 Å². The second-order valence-electron chi connectivity index (χ2n) is 4.27. The molecule has 1 N–H and O–H groups in total. The summed E-state index contributed by atoms with van der Waals surface area (Å²) in [7, 11) is 0. The van der Waals surface area contributed by atoms with Crippen LogP contribution in [0.3, 0.4) is 0 Å². The monoisotopic (exact) mass is 240 g/mol. The van der Waals surface area contributed by atoms with Crippen LogP contribution < -0.4 is 0 Å². The van der Waals surface area contributed by atoms with Crippen molar-refractivity contribution in [2.75, 3.05) is 13.2 Å². The van der Waals surface area contributed by atoms with Crippen molar-refractivity contribution in [1.29, 1.82) is 0 Å². The van der Waals surface area contributed by atoms with Crippen LogP contribution in [0.2, 0.25) is 0 Å². The topological polar surface area (TPSA) is 29.5 Å². The van der Waals surface area contributed by atoms with Crippen LogP contribution in [0.1, 0.15) is 43.4 Å². The summed E-state index contributed by atoms with van der Waals surface area (Å²) >= 11 is 0. The Kier molecular flexibility index (Phi) is 6.16. The fourth-order valence-corrected chi connectivity index (χ4v) is 1.67. The van der Waals surface area contributed by atoms with Gasteiger partial charge in [0.15, 0.2) is 0 Å². The zero-order valence-corrected chi connectivity index (χ0v) is 10.6. The molecule has 1 rings (SSSR count). The summed E-state index contributed by atoms with van der Waals surface area (Å²) in [6, 6.07) is 4.49. The maximum absolute atomic E-state index is 13.1. The predicted octanol–water partition coefficient (Wildman–Crippen LogP) is 3.37. The van der Waals surface area contributed by atoms with E-state index in [4.69, 9.17) is 4.74 Å². The number of aliphatic hydroxyl groups excluding tert-OH is 1. The molecule has 0 saturated heterocycles. The molecule has 0 heterocycles. The van der Waals surface area contributed by atoms with Crippen LogP contribution in [0, 0.1) is 12.7 Å². The molecule has 1 aromatic rings. The van der Waals surface area contributed by atoms with Crippen LogP contribution in [-0.2, 0) is 4.74 Å². The van der Waals surface area contributed by atoms with Crippen molar-refractivity contribution < 1.29 is 14.2 Å². The molecule has 0 aliphatic carbocycles. The lowest BCUT2D eigenvalue weighted by Gasteiger charge is -2.14. The van der Waals surface area contributed by atoms with Crippen LogP contribution in [0.5, 0.6) is 0 Å². The Bertz CT molecular complexity index is 339. The van der Waals surface area contributed by atoms with E-state index in [0.717, 1.165) is 25.0 Å². The van der Waals surface area contributed by atoms with Crippen molar-refractivity contribution in [1.82, 2.24) is 0 Å². The first-order valence-corrected chi connectivity index (χ1v) is 6.17. The summed E-state index contributed by atoms with van der Waals surface area (Å²) in [5.41, 5.74) is 1.57. The second-order valence-corrected chi connectivity index (χ2v) is 4.27. The van der Waals surface area contributed by atoms with Crippen molar-refractivity contribution in [3.05, 3.63) is 35.1 Å². The standard InChI is InChI=1S/C14H21FO2/c1-3-4-8-17-9-7-14(16)13-10-12(15)6-5-11(13)2/h5-6,10,14,16H,3-4,7-9H2,1-2H3. The molecular weight excluding hydrogens is 219 g/mol. The number of aliphatic hydroxyl groups is 1. The van der Waals surface area contributed by atoms with E-state index in [1.54, 1.807) is 6.07 Å². The molecule has 1 aromatic carbocycles. The van der Waals surface area contributed by atoms with E-state index in [1.165, 1.54) is 12.1 Å². The molecule has 1 atom stereocenters. The highest BCUT2D eigenvalue weighted by atomic mass is 19.1. The Hall–Kier alpha value is -0.930. The SMILES string of the molecule is CCCCOCCC(O)c1cc(F)ccc1C. The minimum atomic E-state index is -0.646. The zero-order valence-electron chi connectivity index (χ0n) is 10.6. The van der Waals surface area contributed by atoms with Crippen LogP contribution >= 0.6 is 0 Å². The number of halogens is 1. The van der Waals surface area contributed by atoms with E-state index in [9.17, 15) is 9.50 Å². The van der Waals surface area contributed by atoms with Crippen molar-refractivity contribution >= 4 is 0 Å². The molecule has 0 bridgehead atoms. The minimum Gasteiger partial charge on any atom is -0.388 e. The first kappa shape index (κ1) is 14.1. The van der Waals surface area contributed by atoms with Gasteiger partial charge in [0, 0.05) is 19.6 Å². The summed E-state index contributed by atoms with van der Waals surface area (Å²) in [5.74, 6) is -0.309. The normalized spacial score (nSPS) is 12.7. The summed E-state index contributed by atoms with van der Waals surface area (Å²) in [6.45, 7) is 5.21. The highest BCUT2D eigenvalue weighted by Crippen LogP contribution is 2.21. The molecule has 2 nitrogen and oxygen atoms in total. The fourth-order valence-electron chi connectivity index (χ4n) is 1.67. The number of unbranched alkanes of at least 4 members (excludes halogenated alkanes) is 1. The third kappa shape index (κ3) is 4.84. The third-order valence-electron chi connectivity index (χ3n) is 2.78. The molecule has 3 heteroatoms. The first-order chi connectivity index (χ1) is 8.15. The average molecular weight is 240 g/mol. The number of hydrogen-bond acceptors (Lipinski definition) is 2. The Morgan fingerprint density at radius 3 is 2.82 bits per heavy atom. The van der Waals surface area contributed by atoms with Gasteiger partial charge in [-0.3, -0.25) is 0 Å². The van der Waals surface area contributed by atoms with Gasteiger partial charge in [0.05, 0.1) is 6.10 Å². The van der Waals surface area contributed by atoms with Crippen LogP contribution in [-0.4, -0.2) is 18.3 Å². The van der Waals surface area contributed by atoms with Gasteiger partial charge in [-0.2, -0.15) is 0 Å². The van der Waals surface area contributed by atoms with E-state index >= 15 is 0 Å². The van der Waals surface area contributed by atoms with Crippen LogP contribution in [0.25, 0.3) is 0 Å². The van der Waals surface area contributed by atoms with E-state index < -0.39 is 6.10 Å². The van der Waals surface area contributed by atoms with Crippen LogP contribution in [0.15, 0.2) is 18.2 Å². The predicted molar refractivity (Wildman–Crippen MR) is 66.4 cm³/mol. The number of aryl methyl sites for hydroxylation is 1. The molecule has 0 aliphatic heterocycles. The molecule has 0 aromatic heterocycles. The molecule has 96 valence electrons. The molecule has 17 heavy (non-hydrogen) atoms. The Morgan fingerprint density at radius 2 is 2.12 bits per heavy atom.